The smallest absolute Gasteiger partial charge is 0.302 e. The Bertz CT molecular complexity index is 1200. The van der Waals surface area contributed by atoms with E-state index in [4.69, 9.17) is 9.88 Å². The number of aromatic nitrogens is 4. The van der Waals surface area contributed by atoms with Crippen molar-refractivity contribution in [1.29, 1.82) is 0 Å². The van der Waals surface area contributed by atoms with Crippen LogP contribution in [0.2, 0.25) is 0 Å². The summed E-state index contributed by atoms with van der Waals surface area (Å²) in [6.07, 6.45) is 4.34. The summed E-state index contributed by atoms with van der Waals surface area (Å²) in [5, 5.41) is 15.7. The van der Waals surface area contributed by atoms with Crippen LogP contribution in [0.1, 0.15) is 42.6 Å². The zero-order valence-electron chi connectivity index (χ0n) is 16.1. The number of sulfonamides is 1. The molecular weight excluding hydrogens is 428 g/mol. The van der Waals surface area contributed by atoms with Crippen molar-refractivity contribution in [3.63, 3.8) is 0 Å². The van der Waals surface area contributed by atoms with Crippen LogP contribution in [0.3, 0.4) is 0 Å². The predicted molar refractivity (Wildman–Crippen MR) is 119 cm³/mol. The Balaban J connectivity index is 0.00000272. The zero-order chi connectivity index (χ0) is 21.3. The number of thiophene rings is 1. The van der Waals surface area contributed by atoms with Gasteiger partial charge in [0.15, 0.2) is 11.6 Å². The minimum atomic E-state index is -3.79. The highest BCUT2D eigenvalue weighted by Crippen LogP contribution is 2.39. The Morgan fingerprint density at radius 3 is 2.90 bits per heavy atom. The lowest BCUT2D eigenvalue weighted by molar-refractivity contribution is -0.140. The van der Waals surface area contributed by atoms with Crippen LogP contribution in [0, 0.1) is 0 Å². The molecule has 0 saturated heterocycles. The monoisotopic (exact) mass is 456 g/mol. The van der Waals surface area contributed by atoms with Gasteiger partial charge in [0.05, 0.1) is 11.5 Å². The van der Waals surface area contributed by atoms with Crippen LogP contribution < -0.4 is 10.5 Å². The Hall–Kier alpha value is -2.83. The second kappa shape index (κ2) is 8.13. The molecule has 4 N–H and O–H groups in total. The molecule has 0 aliphatic heterocycles. The van der Waals surface area contributed by atoms with Crippen LogP contribution in [-0.4, -0.2) is 41.2 Å². The molecule has 10 nitrogen and oxygen atoms in total. The van der Waals surface area contributed by atoms with Gasteiger partial charge in [-0.3, -0.25) is 9.89 Å². The summed E-state index contributed by atoms with van der Waals surface area (Å²) in [5.41, 5.74) is 1.81. The van der Waals surface area contributed by atoms with E-state index in [0.717, 1.165) is 35.4 Å². The summed E-state index contributed by atoms with van der Waals surface area (Å²) in [6, 6.07) is 4.98. The van der Waals surface area contributed by atoms with Gasteiger partial charge in [0.2, 0.25) is 10.0 Å². The Morgan fingerprint density at radius 2 is 2.23 bits per heavy atom. The second-order valence-electron chi connectivity index (χ2n) is 6.93. The van der Waals surface area contributed by atoms with Crippen LogP contribution in [0.4, 0.5) is 11.6 Å². The minimum absolute atomic E-state index is 0. The van der Waals surface area contributed by atoms with Gasteiger partial charge in [0.1, 0.15) is 10.0 Å². The number of esters is 1. The third kappa shape index (κ3) is 4.83. The highest BCUT2D eigenvalue weighted by Gasteiger charge is 2.25. The first-order valence-electron chi connectivity index (χ1n) is 9.24. The maximum absolute atomic E-state index is 11.6. The van der Waals surface area contributed by atoms with Crippen molar-refractivity contribution >= 4 is 39.0 Å². The van der Waals surface area contributed by atoms with Crippen LogP contribution in [0.5, 0.6) is 0 Å². The van der Waals surface area contributed by atoms with Crippen molar-refractivity contribution in [2.75, 3.05) is 11.9 Å². The van der Waals surface area contributed by atoms with Crippen molar-refractivity contribution in [2.45, 2.75) is 36.3 Å². The highest BCUT2D eigenvalue weighted by molar-refractivity contribution is 7.91. The molecule has 0 radical (unpaired) electrons. The molecular formula is C18H28N6O4S2. The minimum Gasteiger partial charge on any atom is -0.466 e. The number of H-pyrrole nitrogens is 1. The molecule has 3 aromatic heterocycles. The van der Waals surface area contributed by atoms with Gasteiger partial charge in [-0.2, -0.15) is 5.10 Å². The molecule has 166 valence electrons. The van der Waals surface area contributed by atoms with Gasteiger partial charge in [-0.15, -0.1) is 11.3 Å². The lowest BCUT2D eigenvalue weighted by atomic mass is 10.2. The third-order valence-electron chi connectivity index (χ3n) is 4.48. The SMILES string of the molecule is CC(=O)OCCc1cnc(-c2ccc(S(N)(=O)=O)s2)nc1Nc1cc(C2CC2)[nH]n1.[HH].[HH].[HH].[HH]. The van der Waals surface area contributed by atoms with Gasteiger partial charge >= 0.3 is 5.97 Å². The zero-order valence-corrected chi connectivity index (χ0v) is 17.7. The molecule has 1 aliphatic rings. The van der Waals surface area contributed by atoms with E-state index >= 15 is 0 Å². The number of hydrogen-bond donors (Lipinski definition) is 3. The third-order valence-corrected chi connectivity index (χ3v) is 7.00. The van der Waals surface area contributed by atoms with Gasteiger partial charge < -0.3 is 10.1 Å². The van der Waals surface area contributed by atoms with Crippen LogP contribution in [0.25, 0.3) is 10.7 Å². The lowest BCUT2D eigenvalue weighted by Gasteiger charge is -2.10. The van der Waals surface area contributed by atoms with Gasteiger partial charge in [0, 0.05) is 48.5 Å². The number of aromatic amines is 1. The van der Waals surface area contributed by atoms with Gasteiger partial charge in [0.25, 0.3) is 0 Å². The van der Waals surface area contributed by atoms with E-state index in [0.29, 0.717) is 34.7 Å². The van der Waals surface area contributed by atoms with E-state index in [1.54, 1.807) is 12.3 Å². The summed E-state index contributed by atoms with van der Waals surface area (Å²) in [6.45, 7) is 1.54. The maximum atomic E-state index is 11.6. The van der Waals surface area contributed by atoms with Crippen molar-refractivity contribution in [3.05, 3.63) is 35.7 Å². The maximum Gasteiger partial charge on any atom is 0.302 e. The van der Waals surface area contributed by atoms with Gasteiger partial charge in [-0.25, -0.2) is 23.5 Å². The number of ether oxygens (including phenoxy) is 1. The van der Waals surface area contributed by atoms with E-state index in [1.807, 2.05) is 6.07 Å². The fourth-order valence-electron chi connectivity index (χ4n) is 2.84. The van der Waals surface area contributed by atoms with E-state index < -0.39 is 10.0 Å². The Morgan fingerprint density at radius 1 is 1.43 bits per heavy atom. The molecule has 0 amide bonds. The number of rotatable bonds is 8. The average molecular weight is 457 g/mol. The first kappa shape index (κ1) is 20.4. The number of nitrogens with one attached hydrogen (secondary N) is 2. The molecule has 0 atom stereocenters. The van der Waals surface area contributed by atoms with Crippen molar-refractivity contribution in [2.24, 2.45) is 5.14 Å². The molecule has 1 saturated carbocycles. The summed E-state index contributed by atoms with van der Waals surface area (Å²) in [4.78, 5) is 20.5. The van der Waals surface area contributed by atoms with E-state index in [1.165, 1.54) is 13.0 Å². The standard InChI is InChI=1S/C18H20N6O4S2.4H2/c1-10(25)28-7-6-12-9-20-18(14-4-5-16(29-14)30(19,26)27)22-17(12)21-15-8-13(23-24-15)11-2-3-11;;;;/h4-5,8-9,11H,2-3,6-7H2,1H3,(H2,19,26,27)(H2,20,21,22,23,24);4*1H. The lowest BCUT2D eigenvalue weighted by Crippen LogP contribution is -2.09. The quantitative estimate of drug-likeness (QED) is 0.436. The number of hydrogen-bond acceptors (Lipinski definition) is 9. The molecule has 12 heteroatoms. The topological polar surface area (TPSA) is 153 Å². The van der Waals surface area contributed by atoms with Crippen LogP contribution in [-0.2, 0) is 26.0 Å². The summed E-state index contributed by atoms with van der Waals surface area (Å²) in [5.74, 6) is 1.64. The van der Waals surface area contributed by atoms with E-state index in [9.17, 15) is 13.2 Å². The molecule has 0 unspecified atom stereocenters. The number of primary sulfonamides is 1. The molecule has 3 heterocycles. The first-order chi connectivity index (χ1) is 14.3. The number of nitrogens with zero attached hydrogens (tertiary/aromatic N) is 3. The first-order valence-corrected chi connectivity index (χ1v) is 11.6. The molecule has 1 fully saturated rings. The van der Waals surface area contributed by atoms with Crippen molar-refractivity contribution < 1.29 is 23.7 Å². The van der Waals surface area contributed by atoms with Crippen molar-refractivity contribution in [1.82, 2.24) is 20.2 Å². The predicted octanol–water partition coefficient (Wildman–Crippen LogP) is 3.29. The number of carbonyl (C=O) groups excluding carboxylic acids is 1. The average Bonchev–Trinajstić information content (AvgIpc) is 3.21. The van der Waals surface area contributed by atoms with Crippen LogP contribution >= 0.6 is 11.3 Å². The summed E-state index contributed by atoms with van der Waals surface area (Å²) < 4.78 is 28.2. The molecule has 3 aromatic rings. The number of anilines is 2. The fraction of sp³-hybridized carbons (Fsp3) is 0.333. The second-order valence-corrected chi connectivity index (χ2v) is 9.80. The molecule has 30 heavy (non-hydrogen) atoms. The number of nitrogens with two attached hydrogens (primary N) is 1. The summed E-state index contributed by atoms with van der Waals surface area (Å²) in [7, 11) is -3.79. The molecule has 0 aromatic carbocycles. The molecule has 4 rings (SSSR count). The van der Waals surface area contributed by atoms with E-state index in [2.05, 4.69) is 25.5 Å². The number of carbonyl (C=O) groups is 1. The molecule has 1 aliphatic carbocycles. The largest absolute Gasteiger partial charge is 0.466 e. The van der Waals surface area contributed by atoms with Crippen molar-refractivity contribution in [3.8, 4) is 10.7 Å². The van der Waals surface area contributed by atoms with Gasteiger partial charge in [-0.1, -0.05) is 0 Å². The fourth-order valence-corrected chi connectivity index (χ4v) is 4.51. The normalized spacial score (nSPS) is 13.9. The molecule has 0 bridgehead atoms. The van der Waals surface area contributed by atoms with E-state index in [-0.39, 0.29) is 22.5 Å². The summed E-state index contributed by atoms with van der Waals surface area (Å²) >= 11 is 0.995. The Kier molecular flexibility index (Phi) is 5.54. The van der Waals surface area contributed by atoms with Gasteiger partial charge in [-0.05, 0) is 25.0 Å². The van der Waals surface area contributed by atoms with Crippen LogP contribution in [0.15, 0.2) is 28.6 Å². The Labute approximate surface area is 182 Å². The molecule has 0 spiro atoms. The highest BCUT2D eigenvalue weighted by atomic mass is 32.2.